The topological polar surface area (TPSA) is 116 Å². The van der Waals surface area contributed by atoms with Gasteiger partial charge in [-0.15, -0.1) is 0 Å². The van der Waals surface area contributed by atoms with Gasteiger partial charge in [-0.1, -0.05) is 24.3 Å². The number of amides is 4. The third kappa shape index (κ3) is 6.13. The molecule has 0 aliphatic carbocycles. The van der Waals surface area contributed by atoms with Crippen molar-refractivity contribution < 1.29 is 18.8 Å². The molecule has 1 aromatic heterocycles. The Bertz CT molecular complexity index is 1110. The van der Waals surface area contributed by atoms with Crippen LogP contribution in [-0.2, 0) is 17.9 Å². The summed E-state index contributed by atoms with van der Waals surface area (Å²) in [5.74, 6) is -0.0844. The SMILES string of the molecule is O=C1CN(c2ccc(CNC(=O)NCc3cccc(NC(=O)c4ccco4)c3)cc2)CCN1. The van der Waals surface area contributed by atoms with Crippen molar-refractivity contribution in [3.8, 4) is 0 Å². The van der Waals surface area contributed by atoms with Gasteiger partial charge in [0.1, 0.15) is 0 Å². The summed E-state index contributed by atoms with van der Waals surface area (Å²) in [6.45, 7) is 2.47. The van der Waals surface area contributed by atoms with Gasteiger partial charge in [-0.25, -0.2) is 4.79 Å². The van der Waals surface area contributed by atoms with Gasteiger partial charge in [-0.3, -0.25) is 9.59 Å². The minimum Gasteiger partial charge on any atom is -0.459 e. The van der Waals surface area contributed by atoms with Crippen molar-refractivity contribution in [1.82, 2.24) is 16.0 Å². The lowest BCUT2D eigenvalue weighted by atomic mass is 10.2. The van der Waals surface area contributed by atoms with Gasteiger partial charge in [0, 0.05) is 37.6 Å². The highest BCUT2D eigenvalue weighted by Gasteiger charge is 2.16. The molecule has 9 nitrogen and oxygen atoms in total. The highest BCUT2D eigenvalue weighted by molar-refractivity contribution is 6.02. The van der Waals surface area contributed by atoms with Crippen LogP contribution in [0.4, 0.5) is 16.2 Å². The molecule has 33 heavy (non-hydrogen) atoms. The van der Waals surface area contributed by atoms with Crippen LogP contribution in [0.25, 0.3) is 0 Å². The molecule has 4 amide bonds. The van der Waals surface area contributed by atoms with E-state index < -0.39 is 0 Å². The number of rotatable bonds is 7. The number of nitrogens with one attached hydrogen (secondary N) is 4. The first-order chi connectivity index (χ1) is 16.1. The molecule has 0 bridgehead atoms. The molecule has 2 aromatic carbocycles. The summed E-state index contributed by atoms with van der Waals surface area (Å²) < 4.78 is 5.09. The van der Waals surface area contributed by atoms with Crippen LogP contribution < -0.4 is 26.2 Å². The molecule has 1 fully saturated rings. The molecule has 0 atom stereocenters. The summed E-state index contributed by atoms with van der Waals surface area (Å²) in [5, 5.41) is 11.2. The minimum atomic E-state index is -0.336. The summed E-state index contributed by atoms with van der Waals surface area (Å²) in [7, 11) is 0. The molecule has 4 rings (SSSR count). The summed E-state index contributed by atoms with van der Waals surface area (Å²) >= 11 is 0. The van der Waals surface area contributed by atoms with Crippen LogP contribution in [0.5, 0.6) is 0 Å². The number of hydrogen-bond donors (Lipinski definition) is 4. The Kier molecular flexibility index (Phi) is 6.89. The number of carbonyl (C=O) groups excluding carboxylic acids is 3. The molecular weight excluding hydrogens is 422 g/mol. The van der Waals surface area contributed by atoms with Crippen molar-refractivity contribution in [2.75, 3.05) is 29.9 Å². The Labute approximate surface area is 191 Å². The lowest BCUT2D eigenvalue weighted by Gasteiger charge is -2.28. The van der Waals surface area contributed by atoms with E-state index in [-0.39, 0.29) is 23.6 Å². The zero-order valence-electron chi connectivity index (χ0n) is 18.0. The first-order valence-electron chi connectivity index (χ1n) is 10.6. The van der Waals surface area contributed by atoms with E-state index in [1.54, 1.807) is 30.3 Å². The third-order valence-electron chi connectivity index (χ3n) is 5.18. The zero-order valence-corrected chi connectivity index (χ0v) is 18.0. The fraction of sp³-hybridized carbons (Fsp3) is 0.208. The molecule has 170 valence electrons. The average molecular weight is 447 g/mol. The number of furan rings is 1. The lowest BCUT2D eigenvalue weighted by Crippen LogP contribution is -2.47. The van der Waals surface area contributed by atoms with Gasteiger partial charge in [0.05, 0.1) is 12.8 Å². The Morgan fingerprint density at radius 1 is 0.970 bits per heavy atom. The third-order valence-corrected chi connectivity index (χ3v) is 5.18. The Morgan fingerprint density at radius 3 is 2.48 bits per heavy atom. The molecule has 2 heterocycles. The molecule has 1 saturated heterocycles. The second kappa shape index (κ2) is 10.4. The summed E-state index contributed by atoms with van der Waals surface area (Å²) in [4.78, 5) is 37.9. The number of nitrogens with zero attached hydrogens (tertiary/aromatic N) is 1. The van der Waals surface area contributed by atoms with E-state index in [4.69, 9.17) is 4.42 Å². The predicted octanol–water partition coefficient (Wildman–Crippen LogP) is 2.47. The molecule has 3 aromatic rings. The standard InChI is InChI=1S/C24H25N5O4/c30-22-16-29(11-10-25-22)20-8-6-17(7-9-20)14-26-24(32)27-15-18-3-1-4-19(13-18)28-23(31)21-5-2-12-33-21/h1-9,12-13H,10-11,14-16H2,(H,25,30)(H,28,31)(H2,26,27,32). The van der Waals surface area contributed by atoms with Crippen LogP contribution >= 0.6 is 0 Å². The molecule has 9 heteroatoms. The highest BCUT2D eigenvalue weighted by Crippen LogP contribution is 2.16. The highest BCUT2D eigenvalue weighted by atomic mass is 16.3. The van der Waals surface area contributed by atoms with Gasteiger partial charge in [0.25, 0.3) is 5.91 Å². The van der Waals surface area contributed by atoms with E-state index in [2.05, 4.69) is 21.3 Å². The van der Waals surface area contributed by atoms with Crippen LogP contribution in [0.3, 0.4) is 0 Å². The number of carbonyl (C=O) groups is 3. The van der Waals surface area contributed by atoms with Crippen LogP contribution in [0.15, 0.2) is 71.3 Å². The average Bonchev–Trinajstić information content (AvgIpc) is 3.37. The number of hydrogen-bond acceptors (Lipinski definition) is 5. The van der Waals surface area contributed by atoms with E-state index >= 15 is 0 Å². The molecule has 0 spiro atoms. The van der Waals surface area contributed by atoms with Crippen LogP contribution in [0.1, 0.15) is 21.7 Å². The van der Waals surface area contributed by atoms with E-state index in [0.717, 1.165) is 23.4 Å². The van der Waals surface area contributed by atoms with Gasteiger partial charge in [-0.05, 0) is 47.5 Å². The monoisotopic (exact) mass is 447 g/mol. The second-order valence-corrected chi connectivity index (χ2v) is 7.61. The van der Waals surface area contributed by atoms with E-state index in [1.165, 1.54) is 6.26 Å². The smallest absolute Gasteiger partial charge is 0.315 e. The number of benzene rings is 2. The van der Waals surface area contributed by atoms with E-state index in [0.29, 0.717) is 31.9 Å². The van der Waals surface area contributed by atoms with Gasteiger partial charge in [0.15, 0.2) is 5.76 Å². The van der Waals surface area contributed by atoms with Crippen molar-refractivity contribution in [3.05, 3.63) is 83.8 Å². The van der Waals surface area contributed by atoms with Crippen LogP contribution in [0.2, 0.25) is 0 Å². The Balaban J connectivity index is 1.22. The summed E-state index contributed by atoms with van der Waals surface area (Å²) in [6, 6.07) is 18.0. The first-order valence-corrected chi connectivity index (χ1v) is 10.6. The predicted molar refractivity (Wildman–Crippen MR) is 124 cm³/mol. The van der Waals surface area contributed by atoms with Crippen molar-refractivity contribution in [1.29, 1.82) is 0 Å². The van der Waals surface area contributed by atoms with Gasteiger partial charge in [0.2, 0.25) is 5.91 Å². The van der Waals surface area contributed by atoms with Gasteiger partial charge >= 0.3 is 6.03 Å². The van der Waals surface area contributed by atoms with Crippen molar-refractivity contribution >= 4 is 29.2 Å². The maximum absolute atomic E-state index is 12.2. The minimum absolute atomic E-state index is 0.0223. The first kappa shape index (κ1) is 21.9. The molecule has 0 unspecified atom stereocenters. The number of urea groups is 1. The summed E-state index contributed by atoms with van der Waals surface area (Å²) in [6.07, 6.45) is 1.44. The fourth-order valence-electron chi connectivity index (χ4n) is 3.47. The van der Waals surface area contributed by atoms with Crippen LogP contribution in [0, 0.1) is 0 Å². The maximum Gasteiger partial charge on any atom is 0.315 e. The van der Waals surface area contributed by atoms with Crippen LogP contribution in [-0.4, -0.2) is 37.5 Å². The van der Waals surface area contributed by atoms with Crippen molar-refractivity contribution in [3.63, 3.8) is 0 Å². The number of piperazine rings is 1. The van der Waals surface area contributed by atoms with Crippen molar-refractivity contribution in [2.45, 2.75) is 13.1 Å². The normalized spacial score (nSPS) is 13.2. The molecule has 4 N–H and O–H groups in total. The molecular formula is C24H25N5O4. The summed E-state index contributed by atoms with van der Waals surface area (Å²) in [5.41, 5.74) is 3.40. The molecule has 0 radical (unpaired) electrons. The van der Waals surface area contributed by atoms with Crippen molar-refractivity contribution in [2.24, 2.45) is 0 Å². The quantitative estimate of drug-likeness (QED) is 0.444. The lowest BCUT2D eigenvalue weighted by molar-refractivity contribution is -0.120. The maximum atomic E-state index is 12.2. The second-order valence-electron chi connectivity index (χ2n) is 7.61. The molecule has 1 aliphatic heterocycles. The molecule has 1 aliphatic rings. The number of anilines is 2. The van der Waals surface area contributed by atoms with Gasteiger partial charge in [-0.2, -0.15) is 0 Å². The van der Waals surface area contributed by atoms with E-state index in [9.17, 15) is 14.4 Å². The molecule has 0 saturated carbocycles. The van der Waals surface area contributed by atoms with Gasteiger partial charge < -0.3 is 30.6 Å². The zero-order chi connectivity index (χ0) is 23.0. The van der Waals surface area contributed by atoms with E-state index in [1.807, 2.05) is 35.2 Å². The Morgan fingerprint density at radius 2 is 1.76 bits per heavy atom. The Hall–Kier alpha value is -4.27. The largest absolute Gasteiger partial charge is 0.459 e. The fourth-order valence-corrected chi connectivity index (χ4v) is 3.47.